The van der Waals surface area contributed by atoms with Gasteiger partial charge in [0.25, 0.3) is 0 Å². The molecule has 4 rings (SSSR count). The number of anilines is 1. The van der Waals surface area contributed by atoms with Crippen molar-refractivity contribution in [1.29, 1.82) is 0 Å². The van der Waals surface area contributed by atoms with E-state index in [4.69, 9.17) is 0 Å². The van der Waals surface area contributed by atoms with Crippen molar-refractivity contribution < 1.29 is 8.42 Å². The van der Waals surface area contributed by atoms with Crippen molar-refractivity contribution in [2.45, 2.75) is 43.9 Å². The van der Waals surface area contributed by atoms with Crippen LogP contribution in [0.15, 0.2) is 52.4 Å². The van der Waals surface area contributed by atoms with Crippen LogP contribution in [0.5, 0.6) is 0 Å². The van der Waals surface area contributed by atoms with Crippen LogP contribution in [0.2, 0.25) is 0 Å². The van der Waals surface area contributed by atoms with Crippen molar-refractivity contribution in [1.82, 2.24) is 9.88 Å². The van der Waals surface area contributed by atoms with Crippen LogP contribution in [-0.4, -0.2) is 51.0 Å². The van der Waals surface area contributed by atoms with Crippen LogP contribution < -0.4 is 4.90 Å². The summed E-state index contributed by atoms with van der Waals surface area (Å²) in [5.41, 5.74) is 4.88. The van der Waals surface area contributed by atoms with E-state index in [2.05, 4.69) is 40.8 Å². The number of piperazine rings is 1. The monoisotopic (exact) mass is 437 g/mol. The molecule has 2 heterocycles. The van der Waals surface area contributed by atoms with Crippen LogP contribution in [0.3, 0.4) is 0 Å². The number of rotatable bonds is 5. The lowest BCUT2D eigenvalue weighted by Crippen LogP contribution is -2.46. The molecule has 1 aliphatic heterocycles. The van der Waals surface area contributed by atoms with Crippen LogP contribution in [0, 0.1) is 13.8 Å². The van der Waals surface area contributed by atoms with Gasteiger partial charge in [0.1, 0.15) is 4.90 Å². The van der Waals surface area contributed by atoms with Gasteiger partial charge in [0.05, 0.1) is 16.1 Å². The number of likely N-dealkylation sites (N-methyl/N-ethyl adjacent to an activating group) is 1. The topological polar surface area (TPSA) is 53.5 Å². The molecule has 0 amide bonds. The molecule has 0 atom stereocenters. The molecule has 5 nitrogen and oxygen atoms in total. The second-order valence-corrected chi connectivity index (χ2v) is 10.3. The van der Waals surface area contributed by atoms with Crippen LogP contribution in [0.1, 0.15) is 30.5 Å². The van der Waals surface area contributed by atoms with E-state index in [9.17, 15) is 8.42 Å². The smallest absolute Gasteiger partial charge is 0.210 e. The molecule has 3 aromatic rings. The maximum absolute atomic E-state index is 13.8. The summed E-state index contributed by atoms with van der Waals surface area (Å²) >= 11 is 0. The summed E-state index contributed by atoms with van der Waals surface area (Å²) in [5, 5.41) is 0.925. The number of fused-ring (bicyclic) bond motifs is 1. The Labute approximate surface area is 185 Å². The molecule has 0 N–H and O–H groups in total. The molecule has 6 heteroatoms. The van der Waals surface area contributed by atoms with E-state index < -0.39 is 9.84 Å². The highest BCUT2D eigenvalue weighted by molar-refractivity contribution is 7.91. The third-order valence-electron chi connectivity index (χ3n) is 6.49. The Morgan fingerprint density at radius 1 is 0.935 bits per heavy atom. The number of sulfone groups is 1. The van der Waals surface area contributed by atoms with E-state index in [0.717, 1.165) is 66.9 Å². The van der Waals surface area contributed by atoms with Gasteiger partial charge >= 0.3 is 0 Å². The third-order valence-corrected chi connectivity index (χ3v) is 8.24. The van der Waals surface area contributed by atoms with E-state index in [-0.39, 0.29) is 0 Å². The average molecular weight is 438 g/mol. The summed E-state index contributed by atoms with van der Waals surface area (Å²) in [6, 6.07) is 11.6. The standard InChI is InChI=1S/C25H31N3O2S/c1-5-20-8-10-23-22(16-20)25(28-13-11-27(6-2)12-14-28)24(17-26-23)31(29,30)21-9-7-18(3)19(4)15-21/h7-10,15-17H,5-6,11-14H2,1-4H3. The van der Waals surface area contributed by atoms with Crippen LogP contribution in [0.4, 0.5) is 5.69 Å². The highest BCUT2D eigenvalue weighted by atomic mass is 32.2. The lowest BCUT2D eigenvalue weighted by atomic mass is 10.1. The minimum absolute atomic E-state index is 0.307. The predicted molar refractivity (Wildman–Crippen MR) is 127 cm³/mol. The zero-order valence-corrected chi connectivity index (χ0v) is 19.7. The molecule has 1 saturated heterocycles. The lowest BCUT2D eigenvalue weighted by Gasteiger charge is -2.37. The summed E-state index contributed by atoms with van der Waals surface area (Å²) in [5.74, 6) is 0. The Bertz CT molecular complexity index is 1210. The Kier molecular flexibility index (Phi) is 6.04. The molecule has 0 bridgehead atoms. The molecule has 1 fully saturated rings. The quantitative estimate of drug-likeness (QED) is 0.593. The molecular weight excluding hydrogens is 406 g/mol. The van der Waals surface area contributed by atoms with Gasteiger partial charge in [0.15, 0.2) is 0 Å². The highest BCUT2D eigenvalue weighted by Crippen LogP contribution is 2.37. The van der Waals surface area contributed by atoms with E-state index in [0.29, 0.717) is 9.79 Å². The van der Waals surface area contributed by atoms with E-state index in [1.807, 2.05) is 26.0 Å². The van der Waals surface area contributed by atoms with Gasteiger partial charge in [-0.25, -0.2) is 8.42 Å². The molecular formula is C25H31N3O2S. The molecule has 1 aliphatic rings. The molecule has 1 aromatic heterocycles. The first-order chi connectivity index (χ1) is 14.8. The summed E-state index contributed by atoms with van der Waals surface area (Å²) in [6.45, 7) is 12.7. The van der Waals surface area contributed by atoms with E-state index in [1.54, 1.807) is 18.3 Å². The fourth-order valence-electron chi connectivity index (χ4n) is 4.25. The number of hydrogen-bond donors (Lipinski definition) is 0. The number of nitrogens with zero attached hydrogens (tertiary/aromatic N) is 3. The Balaban J connectivity index is 1.93. The normalized spacial score (nSPS) is 15.5. The molecule has 0 saturated carbocycles. The van der Waals surface area contributed by atoms with Crippen molar-refractivity contribution in [3.05, 3.63) is 59.3 Å². The number of pyridine rings is 1. The van der Waals surface area contributed by atoms with Crippen molar-refractivity contribution in [2.75, 3.05) is 37.6 Å². The zero-order chi connectivity index (χ0) is 22.2. The van der Waals surface area contributed by atoms with Crippen LogP contribution in [0.25, 0.3) is 10.9 Å². The maximum atomic E-state index is 13.8. The molecule has 164 valence electrons. The van der Waals surface area contributed by atoms with Crippen LogP contribution in [-0.2, 0) is 16.3 Å². The highest BCUT2D eigenvalue weighted by Gasteiger charge is 2.29. The minimum atomic E-state index is -3.71. The number of benzene rings is 2. The molecule has 0 unspecified atom stereocenters. The first-order valence-corrected chi connectivity index (χ1v) is 12.5. The van der Waals surface area contributed by atoms with Crippen molar-refractivity contribution in [2.24, 2.45) is 0 Å². The van der Waals surface area contributed by atoms with Gasteiger partial charge in [-0.3, -0.25) is 4.98 Å². The zero-order valence-electron chi connectivity index (χ0n) is 18.9. The van der Waals surface area contributed by atoms with Gasteiger partial charge in [-0.15, -0.1) is 0 Å². The van der Waals surface area contributed by atoms with Gasteiger partial charge in [-0.1, -0.05) is 26.0 Å². The first kappa shape index (κ1) is 21.8. The fraction of sp³-hybridized carbons (Fsp3) is 0.400. The summed E-state index contributed by atoms with van der Waals surface area (Å²) in [7, 11) is -3.71. The van der Waals surface area contributed by atoms with Crippen molar-refractivity contribution in [3.63, 3.8) is 0 Å². The van der Waals surface area contributed by atoms with Gasteiger partial charge in [-0.2, -0.15) is 0 Å². The number of hydrogen-bond acceptors (Lipinski definition) is 5. The second-order valence-electron chi connectivity index (χ2n) is 8.35. The van der Waals surface area contributed by atoms with Crippen molar-refractivity contribution >= 4 is 26.4 Å². The summed E-state index contributed by atoms with van der Waals surface area (Å²) in [6.07, 6.45) is 2.45. The Morgan fingerprint density at radius 2 is 1.68 bits per heavy atom. The molecule has 2 aromatic carbocycles. The van der Waals surface area contributed by atoms with Gasteiger partial charge in [0, 0.05) is 37.8 Å². The summed E-state index contributed by atoms with van der Waals surface area (Å²) < 4.78 is 27.6. The largest absolute Gasteiger partial charge is 0.367 e. The molecule has 0 spiro atoms. The van der Waals surface area contributed by atoms with Gasteiger partial charge < -0.3 is 9.80 Å². The van der Waals surface area contributed by atoms with Gasteiger partial charge in [-0.05, 0) is 67.8 Å². The number of aromatic nitrogens is 1. The molecule has 0 radical (unpaired) electrons. The van der Waals surface area contributed by atoms with E-state index in [1.165, 1.54) is 5.56 Å². The Morgan fingerprint density at radius 3 is 2.32 bits per heavy atom. The Hall–Kier alpha value is -2.44. The first-order valence-electron chi connectivity index (χ1n) is 11.1. The maximum Gasteiger partial charge on any atom is 0.210 e. The lowest BCUT2D eigenvalue weighted by molar-refractivity contribution is 0.271. The summed E-state index contributed by atoms with van der Waals surface area (Å²) in [4.78, 5) is 9.83. The van der Waals surface area contributed by atoms with E-state index >= 15 is 0 Å². The van der Waals surface area contributed by atoms with Crippen molar-refractivity contribution in [3.8, 4) is 0 Å². The van der Waals surface area contributed by atoms with Crippen LogP contribution >= 0.6 is 0 Å². The van der Waals surface area contributed by atoms with Gasteiger partial charge in [0.2, 0.25) is 9.84 Å². The number of aryl methyl sites for hydroxylation is 3. The SMILES string of the molecule is CCc1ccc2ncc(S(=O)(=O)c3ccc(C)c(C)c3)c(N3CCN(CC)CC3)c2c1. The molecule has 0 aliphatic carbocycles. The minimum Gasteiger partial charge on any atom is -0.367 e. The average Bonchev–Trinajstić information content (AvgIpc) is 2.79. The molecule has 31 heavy (non-hydrogen) atoms. The predicted octanol–water partition coefficient (Wildman–Crippen LogP) is 4.39. The fourth-order valence-corrected chi connectivity index (χ4v) is 5.76. The third kappa shape index (κ3) is 4.06. The second kappa shape index (κ2) is 8.60.